The zero-order valence-electron chi connectivity index (χ0n) is 18.9. The second-order valence-corrected chi connectivity index (χ2v) is 11.9. The number of methoxy groups -OCH3 is 1. The number of aromatic amines is 1. The average Bonchev–Trinajstić information content (AvgIpc) is 3.56. The molecular formula is C22H26F3N6O2P. The van der Waals surface area contributed by atoms with Gasteiger partial charge < -0.3 is 24.9 Å². The summed E-state index contributed by atoms with van der Waals surface area (Å²) < 4.78 is 59.2. The first-order valence-corrected chi connectivity index (χ1v) is 13.2. The highest BCUT2D eigenvalue weighted by atomic mass is 31.2. The first-order valence-electron chi connectivity index (χ1n) is 11.1. The Balaban J connectivity index is 1.42. The highest BCUT2D eigenvalue weighted by Gasteiger charge is 2.37. The van der Waals surface area contributed by atoms with E-state index in [1.54, 1.807) is 12.1 Å². The van der Waals surface area contributed by atoms with Crippen LogP contribution in [-0.4, -0.2) is 65.5 Å². The molecule has 0 unspecified atom stereocenters. The van der Waals surface area contributed by atoms with Gasteiger partial charge in [-0.25, -0.2) is 0 Å². The largest absolute Gasteiger partial charge is 0.495 e. The van der Waals surface area contributed by atoms with Crippen molar-refractivity contribution in [3.63, 3.8) is 0 Å². The molecule has 0 bridgehead atoms. The molecule has 0 spiro atoms. The Labute approximate surface area is 194 Å². The van der Waals surface area contributed by atoms with Crippen molar-refractivity contribution < 1.29 is 22.5 Å². The van der Waals surface area contributed by atoms with Crippen LogP contribution >= 0.6 is 7.14 Å². The van der Waals surface area contributed by atoms with Crippen molar-refractivity contribution in [1.82, 2.24) is 19.9 Å². The van der Waals surface area contributed by atoms with E-state index < -0.39 is 18.9 Å². The molecule has 182 valence electrons. The molecule has 8 nitrogen and oxygen atoms in total. The third kappa shape index (κ3) is 4.22. The molecule has 1 saturated heterocycles. The van der Waals surface area contributed by atoms with Gasteiger partial charge in [0.1, 0.15) is 24.4 Å². The molecule has 0 amide bonds. The molecule has 1 aliphatic carbocycles. The van der Waals surface area contributed by atoms with Gasteiger partial charge in [0.2, 0.25) is 5.95 Å². The normalized spacial score (nSPS) is 18.7. The Morgan fingerprint density at radius 2 is 1.94 bits per heavy atom. The van der Waals surface area contributed by atoms with E-state index in [9.17, 15) is 17.7 Å². The fourth-order valence-corrected chi connectivity index (χ4v) is 7.12. The second kappa shape index (κ2) is 8.46. The van der Waals surface area contributed by atoms with Crippen molar-refractivity contribution in [3.05, 3.63) is 30.0 Å². The van der Waals surface area contributed by atoms with Crippen molar-refractivity contribution in [3.8, 4) is 5.75 Å². The molecule has 12 heteroatoms. The van der Waals surface area contributed by atoms with E-state index in [1.807, 2.05) is 6.07 Å². The maximum Gasteiger partial charge on any atom is 0.418 e. The van der Waals surface area contributed by atoms with Gasteiger partial charge in [-0.3, -0.25) is 4.90 Å². The average molecular weight is 494 g/mol. The fraction of sp³-hybridized carbons (Fsp3) is 0.455. The number of halogens is 3. The molecule has 34 heavy (non-hydrogen) atoms. The third-order valence-corrected chi connectivity index (χ3v) is 9.60. The highest BCUT2D eigenvalue weighted by molar-refractivity contribution is 7.71. The maximum absolute atomic E-state index is 13.6. The van der Waals surface area contributed by atoms with E-state index in [4.69, 9.17) is 4.74 Å². The van der Waals surface area contributed by atoms with Crippen LogP contribution in [0.1, 0.15) is 18.4 Å². The molecule has 2 aliphatic rings. The predicted molar refractivity (Wildman–Crippen MR) is 126 cm³/mol. The number of hydrogen-bond donors (Lipinski definition) is 3. The summed E-state index contributed by atoms with van der Waals surface area (Å²) in [6.07, 6.45) is 0.125. The lowest BCUT2D eigenvalue weighted by molar-refractivity contribution is -0.136. The van der Waals surface area contributed by atoms with E-state index in [2.05, 4.69) is 30.5 Å². The summed E-state index contributed by atoms with van der Waals surface area (Å²) in [5.74, 6) is 0.612. The molecule has 0 radical (unpaired) electrons. The highest BCUT2D eigenvalue weighted by Crippen LogP contribution is 2.49. The van der Waals surface area contributed by atoms with Crippen LogP contribution in [0.2, 0.25) is 0 Å². The predicted octanol–water partition coefficient (Wildman–Crippen LogP) is 4.24. The maximum atomic E-state index is 13.6. The number of benzene rings is 1. The van der Waals surface area contributed by atoms with Crippen LogP contribution in [0.4, 0.5) is 30.6 Å². The number of fused-ring (bicyclic) bond motifs is 1. The topological polar surface area (TPSA) is 95.2 Å². The molecule has 1 aliphatic heterocycles. The first-order chi connectivity index (χ1) is 16.2. The standard InChI is InChI=1S/C22H26F3N6O2P/c1-26-19-18-15(22(23,24)25)12-27-20(18)30-21(29-19)28-16-6-5-14(11-17(16)33-2)34(32)9-7-31(8-10-34)13-3-4-13/h5-6,11-13H,3-4,7-10H2,1-2H3,(H3,26,27,28,29,30). The van der Waals surface area contributed by atoms with E-state index in [-0.39, 0.29) is 22.8 Å². The summed E-state index contributed by atoms with van der Waals surface area (Å²) in [6.45, 7) is 1.70. The molecule has 0 atom stereocenters. The Morgan fingerprint density at radius 3 is 2.56 bits per heavy atom. The Morgan fingerprint density at radius 1 is 1.21 bits per heavy atom. The van der Waals surface area contributed by atoms with E-state index in [0.717, 1.165) is 24.6 Å². The van der Waals surface area contributed by atoms with Crippen molar-refractivity contribution in [2.45, 2.75) is 25.1 Å². The summed E-state index contributed by atoms with van der Waals surface area (Å²) in [5.41, 5.74) is -0.257. The minimum atomic E-state index is -4.53. The lowest BCUT2D eigenvalue weighted by Crippen LogP contribution is -2.38. The lowest BCUT2D eigenvalue weighted by Gasteiger charge is -2.32. The van der Waals surface area contributed by atoms with Gasteiger partial charge in [-0.15, -0.1) is 0 Å². The van der Waals surface area contributed by atoms with Crippen molar-refractivity contribution in [2.75, 3.05) is 50.2 Å². The SMILES string of the molecule is CNc1nc(Nc2ccc(P3(=O)CCN(C4CC4)CC3)cc2OC)nc2[nH]cc(C(F)(F)F)c12. The van der Waals surface area contributed by atoms with Gasteiger partial charge in [-0.1, -0.05) is 0 Å². The van der Waals surface area contributed by atoms with Crippen molar-refractivity contribution in [1.29, 1.82) is 0 Å². The number of rotatable bonds is 6. The van der Waals surface area contributed by atoms with E-state index >= 15 is 0 Å². The zero-order valence-corrected chi connectivity index (χ0v) is 19.8. The van der Waals surface area contributed by atoms with Crippen LogP contribution in [0, 0.1) is 0 Å². The number of H-pyrrole nitrogens is 1. The quantitative estimate of drug-likeness (QED) is 0.442. The molecule has 2 fully saturated rings. The van der Waals surface area contributed by atoms with Crippen LogP contribution in [0.15, 0.2) is 24.4 Å². The van der Waals surface area contributed by atoms with Gasteiger partial charge in [-0.05, 0) is 31.0 Å². The monoisotopic (exact) mass is 494 g/mol. The fourth-order valence-electron chi connectivity index (χ4n) is 4.52. The number of anilines is 3. The van der Waals surface area contributed by atoms with Crippen LogP contribution in [0.3, 0.4) is 0 Å². The van der Waals surface area contributed by atoms with Gasteiger partial charge in [0.25, 0.3) is 0 Å². The molecule has 1 saturated carbocycles. The van der Waals surface area contributed by atoms with Gasteiger partial charge in [0, 0.05) is 50.0 Å². The summed E-state index contributed by atoms with van der Waals surface area (Å²) in [7, 11) is 0.495. The molecule has 3 heterocycles. The van der Waals surface area contributed by atoms with Crippen molar-refractivity contribution in [2.24, 2.45) is 0 Å². The second-order valence-electron chi connectivity index (χ2n) is 8.68. The Kier molecular flexibility index (Phi) is 5.72. The van der Waals surface area contributed by atoms with E-state index in [1.165, 1.54) is 27.0 Å². The lowest BCUT2D eigenvalue weighted by atomic mass is 10.2. The molecular weight excluding hydrogens is 468 g/mol. The number of hydrogen-bond acceptors (Lipinski definition) is 7. The number of nitrogens with one attached hydrogen (secondary N) is 3. The summed E-state index contributed by atoms with van der Waals surface area (Å²) in [6, 6.07) is 6.03. The van der Waals surface area contributed by atoms with Crippen LogP contribution < -0.4 is 20.7 Å². The molecule has 3 N–H and O–H groups in total. The third-order valence-electron chi connectivity index (χ3n) is 6.54. The zero-order chi connectivity index (χ0) is 24.1. The molecule has 1 aromatic carbocycles. The number of aromatic nitrogens is 3. The molecule has 2 aromatic heterocycles. The number of nitrogens with zero attached hydrogens (tertiary/aromatic N) is 3. The summed E-state index contributed by atoms with van der Waals surface area (Å²) in [4.78, 5) is 13.4. The van der Waals surface area contributed by atoms with Crippen LogP contribution in [0.5, 0.6) is 5.75 Å². The smallest absolute Gasteiger partial charge is 0.418 e. The van der Waals surface area contributed by atoms with Crippen molar-refractivity contribution >= 4 is 40.9 Å². The number of ether oxygens (including phenoxy) is 1. The van der Waals surface area contributed by atoms with Crippen LogP contribution in [0.25, 0.3) is 11.0 Å². The summed E-state index contributed by atoms with van der Waals surface area (Å²) in [5, 5.41) is 6.39. The van der Waals surface area contributed by atoms with Crippen LogP contribution in [-0.2, 0) is 10.7 Å². The number of alkyl halides is 3. The van der Waals surface area contributed by atoms with Gasteiger partial charge in [-0.2, -0.15) is 23.1 Å². The van der Waals surface area contributed by atoms with Gasteiger partial charge in [0.05, 0.1) is 23.7 Å². The van der Waals surface area contributed by atoms with Gasteiger partial charge in [0.15, 0.2) is 0 Å². The molecule has 3 aromatic rings. The van der Waals surface area contributed by atoms with Gasteiger partial charge >= 0.3 is 6.18 Å². The first kappa shape index (κ1) is 23.0. The molecule has 5 rings (SSSR count). The minimum Gasteiger partial charge on any atom is -0.495 e. The minimum absolute atomic E-state index is 0.0449. The Hall–Kier alpha value is -2.78. The van der Waals surface area contributed by atoms with E-state index in [0.29, 0.717) is 29.8 Å². The summed E-state index contributed by atoms with van der Waals surface area (Å²) >= 11 is 0. The Bertz CT molecular complexity index is 1260.